The number of halogens is 1. The molecule has 0 radical (unpaired) electrons. The number of rotatable bonds is 2. The Kier molecular flexibility index (Phi) is 4.18. The Labute approximate surface area is 110 Å². The number of nitrogens with two attached hydrogens (primary N) is 1. The number of amides is 1. The molecule has 1 aliphatic heterocycles. The fourth-order valence-electron chi connectivity index (χ4n) is 2.15. The van der Waals surface area contributed by atoms with Gasteiger partial charge >= 0.3 is 0 Å². The molecule has 1 atom stereocenters. The second-order valence-electron chi connectivity index (χ2n) is 4.51. The molecule has 1 fully saturated rings. The molecule has 0 aromatic heterocycles. The van der Waals surface area contributed by atoms with Gasteiger partial charge in [0.25, 0.3) is 0 Å². The monoisotopic (exact) mass is 296 g/mol. The molecular formula is C13H17BrN2O. The lowest BCUT2D eigenvalue weighted by Gasteiger charge is -2.31. The minimum atomic E-state index is 0.145. The molecule has 1 aromatic rings. The van der Waals surface area contributed by atoms with Gasteiger partial charge in [-0.15, -0.1) is 0 Å². The standard InChI is InChI=1S/C13H17BrN2O/c14-12-6-2-1-4-10(12)8-13(17)16-7-3-5-11(15)9-16/h1-2,4,6,11H,3,5,7-9,15H2/t11-/m1/s1. The molecule has 17 heavy (non-hydrogen) atoms. The van der Waals surface area contributed by atoms with Gasteiger partial charge in [-0.1, -0.05) is 34.1 Å². The van der Waals surface area contributed by atoms with Crippen molar-refractivity contribution < 1.29 is 4.79 Å². The van der Waals surface area contributed by atoms with E-state index in [0.29, 0.717) is 13.0 Å². The Hall–Kier alpha value is -0.870. The van der Waals surface area contributed by atoms with Crippen molar-refractivity contribution in [2.24, 2.45) is 5.73 Å². The molecule has 1 amide bonds. The SMILES string of the molecule is N[C@@H]1CCCN(C(=O)Cc2ccccc2Br)C1. The van der Waals surface area contributed by atoms with Crippen LogP contribution in [-0.4, -0.2) is 29.9 Å². The average Bonchev–Trinajstić information content (AvgIpc) is 2.32. The maximum absolute atomic E-state index is 12.1. The summed E-state index contributed by atoms with van der Waals surface area (Å²) in [5, 5.41) is 0. The smallest absolute Gasteiger partial charge is 0.227 e. The van der Waals surface area contributed by atoms with Crippen LogP contribution in [0.15, 0.2) is 28.7 Å². The molecule has 92 valence electrons. The van der Waals surface area contributed by atoms with Crippen molar-refractivity contribution in [3.8, 4) is 0 Å². The zero-order chi connectivity index (χ0) is 12.3. The van der Waals surface area contributed by atoms with E-state index in [1.54, 1.807) is 0 Å². The number of carbonyl (C=O) groups is 1. The zero-order valence-corrected chi connectivity index (χ0v) is 11.3. The average molecular weight is 297 g/mol. The van der Waals surface area contributed by atoms with E-state index in [1.165, 1.54) is 0 Å². The van der Waals surface area contributed by atoms with Gasteiger partial charge in [-0.05, 0) is 24.5 Å². The summed E-state index contributed by atoms with van der Waals surface area (Å²) in [6.07, 6.45) is 2.50. The van der Waals surface area contributed by atoms with Crippen LogP contribution in [0.25, 0.3) is 0 Å². The summed E-state index contributed by atoms with van der Waals surface area (Å²) in [7, 11) is 0. The van der Waals surface area contributed by atoms with E-state index < -0.39 is 0 Å². The van der Waals surface area contributed by atoms with Crippen LogP contribution >= 0.6 is 15.9 Å². The molecule has 2 N–H and O–H groups in total. The molecule has 0 spiro atoms. The number of likely N-dealkylation sites (tertiary alicyclic amines) is 1. The first-order valence-electron chi connectivity index (χ1n) is 5.93. The summed E-state index contributed by atoms with van der Waals surface area (Å²) in [4.78, 5) is 14.0. The van der Waals surface area contributed by atoms with Crippen LogP contribution in [0.2, 0.25) is 0 Å². The van der Waals surface area contributed by atoms with E-state index in [0.717, 1.165) is 29.4 Å². The van der Waals surface area contributed by atoms with Gasteiger partial charge in [-0.2, -0.15) is 0 Å². The van der Waals surface area contributed by atoms with E-state index in [2.05, 4.69) is 15.9 Å². The maximum Gasteiger partial charge on any atom is 0.227 e. The van der Waals surface area contributed by atoms with Crippen LogP contribution in [-0.2, 0) is 11.2 Å². The molecule has 0 aliphatic carbocycles. The normalized spacial score (nSPS) is 20.4. The summed E-state index contributed by atoms with van der Waals surface area (Å²) >= 11 is 3.47. The van der Waals surface area contributed by atoms with E-state index in [9.17, 15) is 4.79 Å². The van der Waals surface area contributed by atoms with Gasteiger partial charge in [-0.25, -0.2) is 0 Å². The van der Waals surface area contributed by atoms with E-state index >= 15 is 0 Å². The van der Waals surface area contributed by atoms with Gasteiger partial charge in [0.05, 0.1) is 6.42 Å². The highest BCUT2D eigenvalue weighted by Gasteiger charge is 2.21. The number of hydrogen-bond acceptors (Lipinski definition) is 2. The molecule has 1 aliphatic rings. The summed E-state index contributed by atoms with van der Waals surface area (Å²) in [6.45, 7) is 1.54. The van der Waals surface area contributed by atoms with Crippen molar-refractivity contribution in [3.63, 3.8) is 0 Å². The van der Waals surface area contributed by atoms with Crippen molar-refractivity contribution in [1.29, 1.82) is 0 Å². The zero-order valence-electron chi connectivity index (χ0n) is 9.73. The van der Waals surface area contributed by atoms with Gasteiger partial charge in [-0.3, -0.25) is 4.79 Å². The van der Waals surface area contributed by atoms with Gasteiger partial charge in [0.1, 0.15) is 0 Å². The first kappa shape index (κ1) is 12.6. The van der Waals surface area contributed by atoms with Gasteiger partial charge in [0.2, 0.25) is 5.91 Å². The minimum Gasteiger partial charge on any atom is -0.341 e. The lowest BCUT2D eigenvalue weighted by Crippen LogP contribution is -2.46. The second-order valence-corrected chi connectivity index (χ2v) is 5.36. The molecular weight excluding hydrogens is 280 g/mol. The number of carbonyl (C=O) groups excluding carboxylic acids is 1. The van der Waals surface area contributed by atoms with Crippen LogP contribution < -0.4 is 5.73 Å². The van der Waals surface area contributed by atoms with E-state index in [-0.39, 0.29) is 11.9 Å². The minimum absolute atomic E-state index is 0.145. The molecule has 0 saturated carbocycles. The quantitative estimate of drug-likeness (QED) is 0.907. The molecule has 1 saturated heterocycles. The molecule has 1 heterocycles. The number of hydrogen-bond donors (Lipinski definition) is 1. The summed E-state index contributed by atoms with van der Waals surface area (Å²) < 4.78 is 0.995. The van der Waals surface area contributed by atoms with Crippen LogP contribution in [0.3, 0.4) is 0 Å². The predicted octanol–water partition coefficient (Wildman–Crippen LogP) is 1.94. The Balaban J connectivity index is 1.99. The van der Waals surface area contributed by atoms with Crippen molar-refractivity contribution >= 4 is 21.8 Å². The molecule has 2 rings (SSSR count). The van der Waals surface area contributed by atoms with Crippen LogP contribution in [0, 0.1) is 0 Å². The van der Waals surface area contributed by atoms with Crippen molar-refractivity contribution in [2.75, 3.05) is 13.1 Å². The Morgan fingerprint density at radius 1 is 1.47 bits per heavy atom. The van der Waals surface area contributed by atoms with Gasteiger partial charge < -0.3 is 10.6 Å². The van der Waals surface area contributed by atoms with Crippen LogP contribution in [0.5, 0.6) is 0 Å². The third-order valence-electron chi connectivity index (χ3n) is 3.11. The van der Waals surface area contributed by atoms with Gasteiger partial charge in [0.15, 0.2) is 0 Å². The molecule has 4 heteroatoms. The second kappa shape index (κ2) is 5.65. The first-order valence-corrected chi connectivity index (χ1v) is 6.73. The highest BCUT2D eigenvalue weighted by atomic mass is 79.9. The predicted molar refractivity (Wildman–Crippen MR) is 71.6 cm³/mol. The highest BCUT2D eigenvalue weighted by molar-refractivity contribution is 9.10. The Bertz CT molecular complexity index is 408. The van der Waals surface area contributed by atoms with Crippen molar-refractivity contribution in [2.45, 2.75) is 25.3 Å². The topological polar surface area (TPSA) is 46.3 Å². The van der Waals surface area contributed by atoms with Crippen molar-refractivity contribution in [1.82, 2.24) is 4.90 Å². The highest BCUT2D eigenvalue weighted by Crippen LogP contribution is 2.18. The lowest BCUT2D eigenvalue weighted by molar-refractivity contribution is -0.131. The lowest BCUT2D eigenvalue weighted by atomic mass is 10.1. The van der Waals surface area contributed by atoms with Crippen LogP contribution in [0.4, 0.5) is 0 Å². The number of nitrogens with zero attached hydrogens (tertiary/aromatic N) is 1. The maximum atomic E-state index is 12.1. The molecule has 3 nitrogen and oxygen atoms in total. The number of benzene rings is 1. The summed E-state index contributed by atoms with van der Waals surface area (Å²) in [6, 6.07) is 7.99. The molecule has 1 aromatic carbocycles. The van der Waals surface area contributed by atoms with Gasteiger partial charge in [0, 0.05) is 23.6 Å². The van der Waals surface area contributed by atoms with E-state index in [1.807, 2.05) is 29.2 Å². The molecule has 0 unspecified atom stereocenters. The third-order valence-corrected chi connectivity index (χ3v) is 3.88. The third kappa shape index (κ3) is 3.30. The Morgan fingerprint density at radius 2 is 2.24 bits per heavy atom. The largest absolute Gasteiger partial charge is 0.341 e. The summed E-state index contributed by atoms with van der Waals surface area (Å²) in [5.41, 5.74) is 6.92. The van der Waals surface area contributed by atoms with Crippen molar-refractivity contribution in [3.05, 3.63) is 34.3 Å². The Morgan fingerprint density at radius 3 is 2.94 bits per heavy atom. The first-order chi connectivity index (χ1) is 8.16. The summed E-state index contributed by atoms with van der Waals surface area (Å²) in [5.74, 6) is 0.173. The fourth-order valence-corrected chi connectivity index (χ4v) is 2.58. The van der Waals surface area contributed by atoms with Crippen LogP contribution in [0.1, 0.15) is 18.4 Å². The number of piperidine rings is 1. The fraction of sp³-hybridized carbons (Fsp3) is 0.462. The van der Waals surface area contributed by atoms with E-state index in [4.69, 9.17) is 5.73 Å². The molecule has 0 bridgehead atoms.